The molecule has 3 rings (SSSR count). The number of aromatic nitrogens is 3. The van der Waals surface area contributed by atoms with E-state index in [1.807, 2.05) is 42.5 Å². The van der Waals surface area contributed by atoms with E-state index in [0.29, 0.717) is 23.8 Å². The quantitative estimate of drug-likeness (QED) is 0.705. The predicted octanol–water partition coefficient (Wildman–Crippen LogP) is 2.94. The second-order valence-corrected chi connectivity index (χ2v) is 4.93. The first-order valence-corrected chi connectivity index (χ1v) is 7.27. The van der Waals surface area contributed by atoms with Crippen molar-refractivity contribution in [1.29, 1.82) is 0 Å². The Kier molecular flexibility index (Phi) is 4.42. The van der Waals surface area contributed by atoms with E-state index in [1.54, 1.807) is 6.20 Å². The maximum Gasteiger partial charge on any atom is 0.303 e. The van der Waals surface area contributed by atoms with Gasteiger partial charge in [0.15, 0.2) is 5.82 Å². The minimum absolute atomic E-state index is 0.0656. The van der Waals surface area contributed by atoms with Crippen molar-refractivity contribution in [1.82, 2.24) is 15.0 Å². The molecular weight excluding hydrogens is 294 g/mol. The molecule has 2 heterocycles. The lowest BCUT2D eigenvalue weighted by atomic mass is 10.2. The molecule has 0 atom stereocenters. The molecule has 23 heavy (non-hydrogen) atoms. The number of fused-ring (bicyclic) bond motifs is 1. The fourth-order valence-corrected chi connectivity index (χ4v) is 2.16. The number of ether oxygens (including phenoxy) is 1. The van der Waals surface area contributed by atoms with E-state index in [1.165, 1.54) is 0 Å². The standard InChI is InChI=1S/C17H15N3O3/c21-15(22)9-5-11-23-17-12-6-1-2-7-13(12)19-16(20-17)14-8-3-4-10-18-14/h1-4,6-8,10H,5,9,11H2,(H,21,22). The lowest BCUT2D eigenvalue weighted by Gasteiger charge is -2.09. The second kappa shape index (κ2) is 6.83. The SMILES string of the molecule is O=C(O)CCCOc1nc(-c2ccccn2)nc2ccccc12. The summed E-state index contributed by atoms with van der Waals surface area (Å²) >= 11 is 0. The third-order valence-electron chi connectivity index (χ3n) is 3.24. The number of hydrogen-bond donors (Lipinski definition) is 1. The molecule has 0 saturated heterocycles. The van der Waals surface area contributed by atoms with Gasteiger partial charge in [-0.3, -0.25) is 9.78 Å². The van der Waals surface area contributed by atoms with E-state index < -0.39 is 5.97 Å². The molecule has 6 heteroatoms. The first kappa shape index (κ1) is 14.9. The van der Waals surface area contributed by atoms with Gasteiger partial charge in [0.25, 0.3) is 0 Å². The molecule has 6 nitrogen and oxygen atoms in total. The Bertz CT molecular complexity index is 822. The Morgan fingerprint density at radius 3 is 2.70 bits per heavy atom. The molecule has 0 spiro atoms. The van der Waals surface area contributed by atoms with Crippen molar-refractivity contribution < 1.29 is 14.6 Å². The van der Waals surface area contributed by atoms with Gasteiger partial charge >= 0.3 is 5.97 Å². The van der Waals surface area contributed by atoms with Gasteiger partial charge in [-0.05, 0) is 30.7 Å². The van der Waals surface area contributed by atoms with E-state index >= 15 is 0 Å². The molecule has 0 radical (unpaired) electrons. The smallest absolute Gasteiger partial charge is 0.303 e. The summed E-state index contributed by atoms with van der Waals surface area (Å²) in [6.07, 6.45) is 2.17. The molecule has 1 aromatic carbocycles. The van der Waals surface area contributed by atoms with Gasteiger partial charge in [-0.1, -0.05) is 18.2 Å². The number of carbonyl (C=O) groups is 1. The summed E-state index contributed by atoms with van der Waals surface area (Å²) in [6, 6.07) is 13.1. The van der Waals surface area contributed by atoms with Gasteiger partial charge < -0.3 is 9.84 Å². The van der Waals surface area contributed by atoms with Crippen LogP contribution in [0.3, 0.4) is 0 Å². The summed E-state index contributed by atoms with van der Waals surface area (Å²) in [5.74, 6) is 0.0921. The monoisotopic (exact) mass is 309 g/mol. The van der Waals surface area contributed by atoms with Crippen LogP contribution in [0.4, 0.5) is 0 Å². The van der Waals surface area contributed by atoms with Gasteiger partial charge in [-0.15, -0.1) is 0 Å². The number of carboxylic acids is 1. The number of para-hydroxylation sites is 1. The highest BCUT2D eigenvalue weighted by atomic mass is 16.5. The average molecular weight is 309 g/mol. The third-order valence-corrected chi connectivity index (χ3v) is 3.24. The van der Waals surface area contributed by atoms with Crippen molar-refractivity contribution in [2.24, 2.45) is 0 Å². The van der Waals surface area contributed by atoms with Crippen LogP contribution in [0.5, 0.6) is 5.88 Å². The zero-order chi connectivity index (χ0) is 16.1. The van der Waals surface area contributed by atoms with Crippen molar-refractivity contribution >= 4 is 16.9 Å². The number of pyridine rings is 1. The van der Waals surface area contributed by atoms with E-state index in [2.05, 4.69) is 15.0 Å². The van der Waals surface area contributed by atoms with Gasteiger partial charge in [0.05, 0.1) is 17.5 Å². The largest absolute Gasteiger partial charge is 0.481 e. The van der Waals surface area contributed by atoms with Crippen LogP contribution >= 0.6 is 0 Å². The third kappa shape index (κ3) is 3.60. The van der Waals surface area contributed by atoms with Crippen LogP contribution in [0.25, 0.3) is 22.4 Å². The van der Waals surface area contributed by atoms with Gasteiger partial charge in [0.1, 0.15) is 5.69 Å². The summed E-state index contributed by atoms with van der Waals surface area (Å²) < 4.78 is 5.69. The molecule has 0 aliphatic rings. The minimum atomic E-state index is -0.838. The molecule has 0 unspecified atom stereocenters. The number of hydrogen-bond acceptors (Lipinski definition) is 5. The van der Waals surface area contributed by atoms with Crippen LogP contribution in [0.2, 0.25) is 0 Å². The van der Waals surface area contributed by atoms with E-state index in [0.717, 1.165) is 10.9 Å². The van der Waals surface area contributed by atoms with Crippen LogP contribution in [0.15, 0.2) is 48.7 Å². The lowest BCUT2D eigenvalue weighted by molar-refractivity contribution is -0.137. The number of carboxylic acid groups (broad SMARTS) is 1. The van der Waals surface area contributed by atoms with Crippen LogP contribution in [0, 0.1) is 0 Å². The molecule has 2 aromatic heterocycles. The summed E-state index contributed by atoms with van der Waals surface area (Å²) in [6.45, 7) is 0.287. The van der Waals surface area contributed by atoms with Gasteiger partial charge in [0.2, 0.25) is 5.88 Å². The highest BCUT2D eigenvalue weighted by Gasteiger charge is 2.11. The molecule has 0 aliphatic heterocycles. The Hall–Kier alpha value is -3.02. The van der Waals surface area contributed by atoms with Crippen molar-refractivity contribution in [3.8, 4) is 17.4 Å². The van der Waals surface area contributed by atoms with Crippen LogP contribution in [0.1, 0.15) is 12.8 Å². The summed E-state index contributed by atoms with van der Waals surface area (Å²) in [5.41, 5.74) is 1.42. The van der Waals surface area contributed by atoms with E-state index in [-0.39, 0.29) is 13.0 Å². The van der Waals surface area contributed by atoms with Crippen molar-refractivity contribution in [2.45, 2.75) is 12.8 Å². The van der Waals surface area contributed by atoms with Crippen molar-refractivity contribution in [2.75, 3.05) is 6.61 Å². The van der Waals surface area contributed by atoms with Crippen molar-refractivity contribution in [3.05, 3.63) is 48.7 Å². The highest BCUT2D eigenvalue weighted by molar-refractivity contribution is 5.84. The van der Waals surface area contributed by atoms with Gasteiger partial charge in [-0.2, -0.15) is 4.98 Å². The van der Waals surface area contributed by atoms with Gasteiger partial charge in [-0.25, -0.2) is 4.98 Å². The summed E-state index contributed by atoms with van der Waals surface area (Å²) in [4.78, 5) is 23.8. The number of nitrogens with zero attached hydrogens (tertiary/aromatic N) is 3. The fraction of sp³-hybridized carbons (Fsp3) is 0.176. The van der Waals surface area contributed by atoms with Crippen molar-refractivity contribution in [3.63, 3.8) is 0 Å². The summed E-state index contributed by atoms with van der Waals surface area (Å²) in [7, 11) is 0. The van der Waals surface area contributed by atoms with Crippen LogP contribution in [-0.2, 0) is 4.79 Å². The first-order chi connectivity index (χ1) is 11.2. The molecule has 0 bridgehead atoms. The van der Waals surface area contributed by atoms with E-state index in [4.69, 9.17) is 9.84 Å². The zero-order valence-corrected chi connectivity index (χ0v) is 12.3. The Balaban J connectivity index is 1.93. The predicted molar refractivity (Wildman–Crippen MR) is 85.1 cm³/mol. The fourth-order valence-electron chi connectivity index (χ4n) is 2.16. The Labute approximate surface area is 132 Å². The maximum absolute atomic E-state index is 10.6. The summed E-state index contributed by atoms with van der Waals surface area (Å²) in [5, 5.41) is 9.48. The Morgan fingerprint density at radius 1 is 1.09 bits per heavy atom. The zero-order valence-electron chi connectivity index (χ0n) is 12.3. The second-order valence-electron chi connectivity index (χ2n) is 4.93. The molecule has 116 valence electrons. The van der Waals surface area contributed by atoms with Crippen LogP contribution < -0.4 is 4.74 Å². The highest BCUT2D eigenvalue weighted by Crippen LogP contribution is 2.25. The number of rotatable bonds is 6. The average Bonchev–Trinajstić information content (AvgIpc) is 2.59. The van der Waals surface area contributed by atoms with E-state index in [9.17, 15) is 4.79 Å². The number of benzene rings is 1. The Morgan fingerprint density at radius 2 is 1.91 bits per heavy atom. The number of aliphatic carboxylic acids is 1. The molecule has 3 aromatic rings. The molecule has 1 N–H and O–H groups in total. The molecule has 0 fully saturated rings. The first-order valence-electron chi connectivity index (χ1n) is 7.27. The molecular formula is C17H15N3O3. The van der Waals surface area contributed by atoms with Gasteiger partial charge in [0, 0.05) is 12.6 Å². The topological polar surface area (TPSA) is 85.2 Å². The molecule has 0 amide bonds. The molecule has 0 aliphatic carbocycles. The normalized spacial score (nSPS) is 10.6. The maximum atomic E-state index is 10.6. The lowest BCUT2D eigenvalue weighted by Crippen LogP contribution is -2.05. The minimum Gasteiger partial charge on any atom is -0.481 e. The van der Waals surface area contributed by atoms with Crippen LogP contribution in [-0.4, -0.2) is 32.6 Å². The molecule has 0 saturated carbocycles.